The normalized spacial score (nSPS) is 12.2. The highest BCUT2D eigenvalue weighted by Gasteiger charge is 2.25. The summed E-state index contributed by atoms with van der Waals surface area (Å²) in [7, 11) is 0. The molecule has 0 saturated carbocycles. The van der Waals surface area contributed by atoms with Gasteiger partial charge in [0, 0.05) is 17.5 Å². The zero-order valence-corrected chi connectivity index (χ0v) is 12.6. The van der Waals surface area contributed by atoms with Crippen molar-refractivity contribution in [1.29, 1.82) is 0 Å². The summed E-state index contributed by atoms with van der Waals surface area (Å²) in [4.78, 5) is 12.6. The number of carbonyl (C=O) groups is 1. The predicted molar refractivity (Wildman–Crippen MR) is 79.7 cm³/mol. The van der Waals surface area contributed by atoms with Crippen LogP contribution in [0.25, 0.3) is 0 Å². The topological polar surface area (TPSA) is 17.1 Å². The molecule has 0 saturated heterocycles. The van der Waals surface area contributed by atoms with Crippen LogP contribution in [0.2, 0.25) is 5.02 Å². The van der Waals surface area contributed by atoms with Gasteiger partial charge >= 0.3 is 0 Å². The van der Waals surface area contributed by atoms with Gasteiger partial charge in [-0.15, -0.1) is 0 Å². The molecule has 1 atom stereocenters. The maximum Gasteiger partial charge on any atom is 0.170 e. The largest absolute Gasteiger partial charge is 0.293 e. The van der Waals surface area contributed by atoms with E-state index in [2.05, 4.69) is 0 Å². The lowest BCUT2D eigenvalue weighted by atomic mass is 9.87. The molecule has 0 bridgehead atoms. The Labute approximate surface area is 131 Å². The highest BCUT2D eigenvalue weighted by atomic mass is 35.5. The van der Waals surface area contributed by atoms with Gasteiger partial charge < -0.3 is 0 Å². The van der Waals surface area contributed by atoms with Crippen molar-refractivity contribution in [3.05, 3.63) is 70.0 Å². The van der Waals surface area contributed by atoms with Crippen molar-refractivity contribution in [1.82, 2.24) is 0 Å². The third kappa shape index (κ3) is 3.50. The maximum absolute atomic E-state index is 13.6. The zero-order valence-electron chi connectivity index (χ0n) is 11.9. The fraction of sp³-hybridized carbons (Fsp3) is 0.235. The smallest absolute Gasteiger partial charge is 0.170 e. The Morgan fingerprint density at radius 3 is 2.32 bits per heavy atom. The van der Waals surface area contributed by atoms with E-state index in [-0.39, 0.29) is 21.9 Å². The van der Waals surface area contributed by atoms with Crippen molar-refractivity contribution in [2.75, 3.05) is 0 Å². The number of hydrogen-bond donors (Lipinski definition) is 0. The van der Waals surface area contributed by atoms with Gasteiger partial charge in [-0.1, -0.05) is 24.9 Å². The summed E-state index contributed by atoms with van der Waals surface area (Å²) in [6.45, 7) is 1.86. The summed E-state index contributed by atoms with van der Waals surface area (Å²) >= 11 is 5.90. The first kappa shape index (κ1) is 16.6. The second-order valence-corrected chi connectivity index (χ2v) is 5.38. The quantitative estimate of drug-likeness (QED) is 0.522. The molecule has 2 rings (SSSR count). The van der Waals surface area contributed by atoms with Gasteiger partial charge in [-0.2, -0.15) is 0 Å². The van der Waals surface area contributed by atoms with Crippen molar-refractivity contribution < 1.29 is 18.0 Å². The molecular weight excluding hydrogens is 313 g/mol. The SMILES string of the molecule is CCCC(C(=O)c1ccc(F)cc1)c1cc(F)cc(F)c1Cl. The van der Waals surface area contributed by atoms with Crippen molar-refractivity contribution in [3.8, 4) is 0 Å². The van der Waals surface area contributed by atoms with Crippen LogP contribution in [0.15, 0.2) is 36.4 Å². The van der Waals surface area contributed by atoms with Crippen molar-refractivity contribution in [2.24, 2.45) is 0 Å². The van der Waals surface area contributed by atoms with E-state index in [1.165, 1.54) is 24.3 Å². The molecule has 0 aromatic heterocycles. The molecule has 0 aliphatic rings. The number of halogens is 4. The zero-order chi connectivity index (χ0) is 16.3. The lowest BCUT2D eigenvalue weighted by molar-refractivity contribution is 0.0954. The highest BCUT2D eigenvalue weighted by molar-refractivity contribution is 6.32. The van der Waals surface area contributed by atoms with E-state index < -0.39 is 23.4 Å². The van der Waals surface area contributed by atoms with Gasteiger partial charge in [-0.05, 0) is 42.3 Å². The summed E-state index contributed by atoms with van der Waals surface area (Å²) in [5.41, 5.74) is 0.399. The summed E-state index contributed by atoms with van der Waals surface area (Å²) < 4.78 is 40.1. The molecular formula is C17H14ClF3O. The molecule has 0 N–H and O–H groups in total. The Hall–Kier alpha value is -1.81. The molecule has 0 aliphatic carbocycles. The van der Waals surface area contributed by atoms with Gasteiger partial charge in [0.1, 0.15) is 17.5 Å². The first-order valence-electron chi connectivity index (χ1n) is 6.88. The maximum atomic E-state index is 13.6. The van der Waals surface area contributed by atoms with E-state index >= 15 is 0 Å². The highest BCUT2D eigenvalue weighted by Crippen LogP contribution is 2.33. The van der Waals surface area contributed by atoms with Gasteiger partial charge in [-0.25, -0.2) is 13.2 Å². The lowest BCUT2D eigenvalue weighted by Crippen LogP contribution is -2.14. The average Bonchev–Trinajstić information content (AvgIpc) is 2.49. The molecule has 116 valence electrons. The summed E-state index contributed by atoms with van der Waals surface area (Å²) in [6.07, 6.45) is 1.02. The Balaban J connectivity index is 2.46. The van der Waals surface area contributed by atoms with E-state index in [0.717, 1.165) is 6.07 Å². The van der Waals surface area contributed by atoms with Crippen LogP contribution in [0.3, 0.4) is 0 Å². The first-order valence-corrected chi connectivity index (χ1v) is 7.26. The number of hydrogen-bond acceptors (Lipinski definition) is 1. The van der Waals surface area contributed by atoms with E-state index in [1.807, 2.05) is 6.92 Å². The Kier molecular flexibility index (Phi) is 5.24. The number of ketones is 1. The number of benzene rings is 2. The molecule has 0 radical (unpaired) electrons. The van der Waals surface area contributed by atoms with Gasteiger partial charge in [0.25, 0.3) is 0 Å². The molecule has 2 aromatic carbocycles. The minimum Gasteiger partial charge on any atom is -0.293 e. The molecule has 1 unspecified atom stereocenters. The van der Waals surface area contributed by atoms with Crippen LogP contribution in [-0.4, -0.2) is 5.78 Å². The van der Waals surface area contributed by atoms with Crippen LogP contribution in [0, 0.1) is 17.5 Å². The Bertz CT molecular complexity index is 683. The molecule has 0 amide bonds. The van der Waals surface area contributed by atoms with Crippen LogP contribution in [-0.2, 0) is 0 Å². The number of Topliss-reactive ketones (excluding diaryl/α,β-unsaturated/α-hetero) is 1. The lowest BCUT2D eigenvalue weighted by Gasteiger charge is -2.17. The third-order valence-electron chi connectivity index (χ3n) is 3.42. The van der Waals surface area contributed by atoms with E-state index in [4.69, 9.17) is 11.6 Å². The van der Waals surface area contributed by atoms with Crippen molar-refractivity contribution >= 4 is 17.4 Å². The Morgan fingerprint density at radius 1 is 1.09 bits per heavy atom. The molecule has 0 heterocycles. The molecule has 22 heavy (non-hydrogen) atoms. The second kappa shape index (κ2) is 6.97. The first-order chi connectivity index (χ1) is 10.4. The second-order valence-electron chi connectivity index (χ2n) is 5.00. The summed E-state index contributed by atoms with van der Waals surface area (Å²) in [5.74, 6) is -3.25. The van der Waals surface area contributed by atoms with Crippen LogP contribution in [0.5, 0.6) is 0 Å². The molecule has 1 nitrogen and oxygen atoms in total. The average molecular weight is 327 g/mol. The van der Waals surface area contributed by atoms with Gasteiger partial charge in [-0.3, -0.25) is 4.79 Å². The number of carbonyl (C=O) groups excluding carboxylic acids is 1. The minimum absolute atomic E-state index is 0.121. The molecule has 0 spiro atoms. The van der Waals surface area contributed by atoms with Gasteiger partial charge in [0.05, 0.1) is 5.02 Å². The van der Waals surface area contributed by atoms with Gasteiger partial charge in [0.2, 0.25) is 0 Å². The fourth-order valence-electron chi connectivity index (χ4n) is 2.36. The summed E-state index contributed by atoms with van der Waals surface area (Å²) in [6, 6.07) is 6.80. The molecule has 2 aromatic rings. The minimum atomic E-state index is -0.898. The predicted octanol–water partition coefficient (Wildman–Crippen LogP) is 5.52. The molecule has 5 heteroatoms. The standard InChI is InChI=1S/C17H14ClF3O/c1-2-3-13(14-8-12(20)9-15(21)16(14)18)17(22)10-4-6-11(19)7-5-10/h4-9,13H,2-3H2,1H3. The third-order valence-corrected chi connectivity index (χ3v) is 3.82. The van der Waals surface area contributed by atoms with Gasteiger partial charge in [0.15, 0.2) is 5.78 Å². The summed E-state index contributed by atoms with van der Waals surface area (Å²) in [5, 5.41) is -0.254. The van der Waals surface area contributed by atoms with Crippen LogP contribution in [0.4, 0.5) is 13.2 Å². The molecule has 0 aliphatic heterocycles. The van der Waals surface area contributed by atoms with E-state index in [9.17, 15) is 18.0 Å². The van der Waals surface area contributed by atoms with Crippen LogP contribution in [0.1, 0.15) is 41.6 Å². The molecule has 0 fully saturated rings. The number of rotatable bonds is 5. The van der Waals surface area contributed by atoms with Crippen molar-refractivity contribution in [2.45, 2.75) is 25.7 Å². The van der Waals surface area contributed by atoms with E-state index in [1.54, 1.807) is 0 Å². The van der Waals surface area contributed by atoms with E-state index in [0.29, 0.717) is 18.9 Å². The fourth-order valence-corrected chi connectivity index (χ4v) is 2.60. The van der Waals surface area contributed by atoms with Crippen LogP contribution < -0.4 is 0 Å². The van der Waals surface area contributed by atoms with Crippen LogP contribution >= 0.6 is 11.6 Å². The Morgan fingerprint density at radius 2 is 1.73 bits per heavy atom. The monoisotopic (exact) mass is 326 g/mol. The van der Waals surface area contributed by atoms with Crippen molar-refractivity contribution in [3.63, 3.8) is 0 Å².